The summed E-state index contributed by atoms with van der Waals surface area (Å²) in [5, 5.41) is 0.651. The second kappa shape index (κ2) is 8.05. The van der Waals surface area contributed by atoms with Gasteiger partial charge in [0.1, 0.15) is 5.75 Å². The summed E-state index contributed by atoms with van der Waals surface area (Å²) >= 11 is 6.25. The van der Waals surface area contributed by atoms with E-state index >= 15 is 0 Å². The van der Waals surface area contributed by atoms with Crippen molar-refractivity contribution in [3.8, 4) is 5.75 Å². The van der Waals surface area contributed by atoms with Crippen molar-refractivity contribution in [3.63, 3.8) is 0 Å². The summed E-state index contributed by atoms with van der Waals surface area (Å²) in [6.07, 6.45) is 8.24. The number of nitrogens with two attached hydrogens (primary N) is 1. The third-order valence-electron chi connectivity index (χ3n) is 3.40. The van der Waals surface area contributed by atoms with Crippen LogP contribution in [-0.4, -0.2) is 22.2 Å². The summed E-state index contributed by atoms with van der Waals surface area (Å²) in [5.41, 5.74) is 7.11. The predicted molar refractivity (Wildman–Crippen MR) is 85.8 cm³/mol. The monoisotopic (exact) mass is 307 g/mol. The Morgan fingerprint density at radius 1 is 1.43 bits per heavy atom. The average molecular weight is 308 g/mol. The number of halogens is 1. The van der Waals surface area contributed by atoms with Gasteiger partial charge in [0.25, 0.3) is 0 Å². The van der Waals surface area contributed by atoms with E-state index in [4.69, 9.17) is 22.1 Å². The third-order valence-corrected chi connectivity index (χ3v) is 3.69. The first-order valence-corrected chi connectivity index (χ1v) is 7.69. The first-order valence-electron chi connectivity index (χ1n) is 7.31. The molecule has 0 aliphatic rings. The number of aromatic nitrogens is 2. The molecule has 0 radical (unpaired) electrons. The maximum absolute atomic E-state index is 6.25. The van der Waals surface area contributed by atoms with Crippen LogP contribution in [0.15, 0.2) is 36.9 Å². The molecule has 114 valence electrons. The second-order valence-corrected chi connectivity index (χ2v) is 5.55. The van der Waals surface area contributed by atoms with Crippen molar-refractivity contribution in [2.45, 2.75) is 38.8 Å². The zero-order valence-corrected chi connectivity index (χ0v) is 13.1. The standard InChI is InChI=1S/C16H22ClN3O/c1-2-14(18)10-13-4-5-16(15(17)11-13)21-9-3-7-20-8-6-19-12-20/h4-6,8,11-12,14H,2-3,7,9-10,18H2,1H3. The number of hydrogen-bond donors (Lipinski definition) is 1. The topological polar surface area (TPSA) is 53.1 Å². The molecule has 0 aliphatic heterocycles. The molecule has 1 atom stereocenters. The van der Waals surface area contributed by atoms with E-state index in [1.807, 2.05) is 29.0 Å². The molecule has 2 rings (SSSR count). The van der Waals surface area contributed by atoms with Gasteiger partial charge >= 0.3 is 0 Å². The number of hydrogen-bond acceptors (Lipinski definition) is 3. The van der Waals surface area contributed by atoms with E-state index in [1.54, 1.807) is 12.5 Å². The summed E-state index contributed by atoms with van der Waals surface area (Å²) in [4.78, 5) is 4.00. The minimum atomic E-state index is 0.183. The zero-order chi connectivity index (χ0) is 15.1. The lowest BCUT2D eigenvalue weighted by Crippen LogP contribution is -2.21. The van der Waals surface area contributed by atoms with E-state index < -0.39 is 0 Å². The van der Waals surface area contributed by atoms with E-state index in [2.05, 4.69) is 11.9 Å². The Hall–Kier alpha value is -1.52. The Bertz CT molecular complexity index is 542. The number of rotatable bonds is 8. The smallest absolute Gasteiger partial charge is 0.137 e. The number of ether oxygens (including phenoxy) is 1. The predicted octanol–water partition coefficient (Wildman–Crippen LogP) is 3.29. The molecule has 0 bridgehead atoms. The number of nitrogens with zero attached hydrogens (tertiary/aromatic N) is 2. The highest BCUT2D eigenvalue weighted by atomic mass is 35.5. The molecule has 21 heavy (non-hydrogen) atoms. The fourth-order valence-electron chi connectivity index (χ4n) is 2.08. The van der Waals surface area contributed by atoms with Crippen molar-refractivity contribution in [2.75, 3.05) is 6.61 Å². The maximum atomic E-state index is 6.25. The van der Waals surface area contributed by atoms with Crippen molar-refractivity contribution in [1.82, 2.24) is 9.55 Å². The van der Waals surface area contributed by atoms with Gasteiger partial charge in [-0.05, 0) is 37.0 Å². The number of benzene rings is 1. The minimum absolute atomic E-state index is 0.183. The van der Waals surface area contributed by atoms with Crippen LogP contribution in [0.2, 0.25) is 5.02 Å². The Kier molecular flexibility index (Phi) is 6.08. The average Bonchev–Trinajstić information content (AvgIpc) is 2.98. The van der Waals surface area contributed by atoms with E-state index in [1.165, 1.54) is 0 Å². The molecule has 0 saturated heterocycles. The maximum Gasteiger partial charge on any atom is 0.137 e. The summed E-state index contributed by atoms with van der Waals surface area (Å²) in [5.74, 6) is 0.733. The molecule has 4 nitrogen and oxygen atoms in total. The second-order valence-electron chi connectivity index (χ2n) is 5.14. The molecule has 2 N–H and O–H groups in total. The van der Waals surface area contributed by atoms with Gasteiger partial charge in [-0.25, -0.2) is 4.98 Å². The normalized spacial score (nSPS) is 12.3. The lowest BCUT2D eigenvalue weighted by atomic mass is 10.0. The van der Waals surface area contributed by atoms with Gasteiger partial charge in [-0.15, -0.1) is 0 Å². The Morgan fingerprint density at radius 3 is 2.95 bits per heavy atom. The lowest BCUT2D eigenvalue weighted by molar-refractivity contribution is 0.302. The molecule has 1 heterocycles. The van der Waals surface area contributed by atoms with Crippen molar-refractivity contribution < 1.29 is 4.74 Å². The Balaban J connectivity index is 1.80. The van der Waals surface area contributed by atoms with E-state index in [-0.39, 0.29) is 6.04 Å². The zero-order valence-electron chi connectivity index (χ0n) is 12.3. The van der Waals surface area contributed by atoms with E-state index in [0.29, 0.717) is 11.6 Å². The minimum Gasteiger partial charge on any atom is -0.492 e. The number of imidazole rings is 1. The number of aryl methyl sites for hydroxylation is 1. The van der Waals surface area contributed by atoms with E-state index in [9.17, 15) is 0 Å². The van der Waals surface area contributed by atoms with Crippen LogP contribution >= 0.6 is 11.6 Å². The van der Waals surface area contributed by atoms with Crippen molar-refractivity contribution in [3.05, 3.63) is 47.5 Å². The van der Waals surface area contributed by atoms with Crippen LogP contribution in [0.5, 0.6) is 5.75 Å². The summed E-state index contributed by atoms with van der Waals surface area (Å²) in [6, 6.07) is 6.09. The van der Waals surface area contributed by atoms with Gasteiger partial charge in [-0.1, -0.05) is 24.6 Å². The fourth-order valence-corrected chi connectivity index (χ4v) is 2.34. The summed E-state index contributed by atoms with van der Waals surface area (Å²) < 4.78 is 7.75. The highest BCUT2D eigenvalue weighted by molar-refractivity contribution is 6.32. The van der Waals surface area contributed by atoms with Crippen molar-refractivity contribution >= 4 is 11.6 Å². The molecule has 1 unspecified atom stereocenters. The first kappa shape index (κ1) is 15.9. The molecule has 5 heteroatoms. The van der Waals surface area contributed by atoms with Gasteiger partial charge in [0.15, 0.2) is 0 Å². The summed E-state index contributed by atoms with van der Waals surface area (Å²) in [7, 11) is 0. The summed E-state index contributed by atoms with van der Waals surface area (Å²) in [6.45, 7) is 3.61. The quantitative estimate of drug-likeness (QED) is 0.761. The van der Waals surface area contributed by atoms with Crippen molar-refractivity contribution in [2.24, 2.45) is 5.73 Å². The van der Waals surface area contributed by atoms with Gasteiger partial charge in [-0.2, -0.15) is 0 Å². The molecule has 0 saturated carbocycles. The molecule has 1 aromatic heterocycles. The molecule has 0 spiro atoms. The van der Waals surface area contributed by atoms with Gasteiger partial charge in [0.05, 0.1) is 18.0 Å². The molecule has 0 amide bonds. The molecule has 2 aromatic rings. The molecule has 0 fully saturated rings. The molecular formula is C16H22ClN3O. The van der Waals surface area contributed by atoms with Gasteiger partial charge in [0.2, 0.25) is 0 Å². The Labute approximate surface area is 130 Å². The van der Waals surface area contributed by atoms with Crippen LogP contribution in [0.25, 0.3) is 0 Å². The highest BCUT2D eigenvalue weighted by Gasteiger charge is 2.06. The SMILES string of the molecule is CCC(N)Cc1ccc(OCCCn2ccnc2)c(Cl)c1. The van der Waals surface area contributed by atoms with Crippen LogP contribution in [0.1, 0.15) is 25.3 Å². The highest BCUT2D eigenvalue weighted by Crippen LogP contribution is 2.26. The van der Waals surface area contributed by atoms with Gasteiger partial charge < -0.3 is 15.0 Å². The van der Waals surface area contributed by atoms with E-state index in [0.717, 1.165) is 37.1 Å². The molecular weight excluding hydrogens is 286 g/mol. The molecule has 0 aliphatic carbocycles. The molecule has 1 aromatic carbocycles. The Morgan fingerprint density at radius 2 is 2.29 bits per heavy atom. The van der Waals surface area contributed by atoms with Crippen LogP contribution < -0.4 is 10.5 Å². The van der Waals surface area contributed by atoms with Crippen LogP contribution in [0, 0.1) is 0 Å². The van der Waals surface area contributed by atoms with Crippen LogP contribution in [-0.2, 0) is 13.0 Å². The van der Waals surface area contributed by atoms with Gasteiger partial charge in [0, 0.05) is 25.0 Å². The van der Waals surface area contributed by atoms with Crippen LogP contribution in [0.3, 0.4) is 0 Å². The van der Waals surface area contributed by atoms with Crippen molar-refractivity contribution in [1.29, 1.82) is 0 Å². The third kappa shape index (κ3) is 5.06. The lowest BCUT2D eigenvalue weighted by Gasteiger charge is -2.12. The van der Waals surface area contributed by atoms with Gasteiger partial charge in [-0.3, -0.25) is 0 Å². The first-order chi connectivity index (χ1) is 10.2. The largest absolute Gasteiger partial charge is 0.492 e. The van der Waals surface area contributed by atoms with Crippen LogP contribution in [0.4, 0.5) is 0 Å². The fraction of sp³-hybridized carbons (Fsp3) is 0.438.